The molecule has 0 unspecified atom stereocenters. The number of ether oxygens (including phenoxy) is 1. The van der Waals surface area contributed by atoms with Crippen LogP contribution < -0.4 is 4.74 Å². The molecule has 0 saturated carbocycles. The minimum atomic E-state index is 0.584. The molecule has 14 heavy (non-hydrogen) atoms. The van der Waals surface area contributed by atoms with E-state index in [-0.39, 0.29) is 0 Å². The van der Waals surface area contributed by atoms with E-state index in [0.29, 0.717) is 11.8 Å². The number of rotatable bonds is 1. The molecular weight excluding hydrogens is 172 g/mol. The summed E-state index contributed by atoms with van der Waals surface area (Å²) in [7, 11) is 0. The molecule has 1 aromatic carbocycles. The largest absolute Gasteiger partial charge is 0.493 e. The van der Waals surface area contributed by atoms with Gasteiger partial charge >= 0.3 is 0 Å². The van der Waals surface area contributed by atoms with Gasteiger partial charge < -0.3 is 4.74 Å². The molecule has 1 heteroatoms. The fourth-order valence-electron chi connectivity index (χ4n) is 1.94. The molecule has 0 radical (unpaired) electrons. The van der Waals surface area contributed by atoms with Gasteiger partial charge in [-0.1, -0.05) is 32.9 Å². The van der Waals surface area contributed by atoms with Crippen LogP contribution in [0.2, 0.25) is 0 Å². The van der Waals surface area contributed by atoms with Crippen LogP contribution in [-0.2, 0) is 0 Å². The fourth-order valence-corrected chi connectivity index (χ4v) is 1.94. The lowest BCUT2D eigenvalue weighted by atomic mass is 9.92. The van der Waals surface area contributed by atoms with Crippen LogP contribution in [0.25, 0.3) is 0 Å². The molecule has 1 nitrogen and oxygen atoms in total. The second-order valence-electron chi connectivity index (χ2n) is 4.49. The molecule has 0 fully saturated rings. The Bertz CT molecular complexity index is 328. The van der Waals surface area contributed by atoms with Crippen molar-refractivity contribution >= 4 is 0 Å². The second-order valence-corrected chi connectivity index (χ2v) is 4.49. The molecule has 0 spiro atoms. The second kappa shape index (κ2) is 3.64. The third kappa shape index (κ3) is 1.63. The zero-order valence-electron chi connectivity index (χ0n) is 9.21. The van der Waals surface area contributed by atoms with Crippen LogP contribution in [0.5, 0.6) is 5.75 Å². The highest BCUT2D eigenvalue weighted by molar-refractivity contribution is 5.41. The van der Waals surface area contributed by atoms with Crippen molar-refractivity contribution in [3.8, 4) is 5.75 Å². The first-order valence-electron chi connectivity index (χ1n) is 5.45. The average Bonchev–Trinajstić information content (AvgIpc) is 2.17. The highest BCUT2D eigenvalue weighted by Crippen LogP contribution is 2.35. The Morgan fingerprint density at radius 2 is 2.14 bits per heavy atom. The Morgan fingerprint density at radius 1 is 1.36 bits per heavy atom. The standard InChI is InChI=1S/C13H18O/c1-9(2)11-4-5-12-10(3)6-7-14-13(12)8-11/h4-5,8-10H,6-7H2,1-3H3/t10-/m0/s1. The van der Waals surface area contributed by atoms with Crippen LogP contribution in [0.1, 0.15) is 50.2 Å². The quantitative estimate of drug-likeness (QED) is 0.656. The summed E-state index contributed by atoms with van der Waals surface area (Å²) in [5.41, 5.74) is 2.75. The summed E-state index contributed by atoms with van der Waals surface area (Å²) >= 11 is 0. The van der Waals surface area contributed by atoms with Gasteiger partial charge in [0.15, 0.2) is 0 Å². The first-order valence-corrected chi connectivity index (χ1v) is 5.45. The van der Waals surface area contributed by atoms with E-state index in [0.717, 1.165) is 18.8 Å². The van der Waals surface area contributed by atoms with Gasteiger partial charge in [0.1, 0.15) is 5.75 Å². The summed E-state index contributed by atoms with van der Waals surface area (Å²) in [6, 6.07) is 6.67. The Labute approximate surface area is 86.1 Å². The van der Waals surface area contributed by atoms with Gasteiger partial charge in [0.2, 0.25) is 0 Å². The Hall–Kier alpha value is -0.980. The van der Waals surface area contributed by atoms with Crippen molar-refractivity contribution < 1.29 is 4.74 Å². The van der Waals surface area contributed by atoms with E-state index in [9.17, 15) is 0 Å². The topological polar surface area (TPSA) is 9.23 Å². The average molecular weight is 190 g/mol. The molecule has 1 aliphatic rings. The molecule has 0 aromatic heterocycles. The van der Waals surface area contributed by atoms with Crippen molar-refractivity contribution in [3.05, 3.63) is 29.3 Å². The van der Waals surface area contributed by atoms with Crippen LogP contribution in [0.15, 0.2) is 18.2 Å². The van der Waals surface area contributed by atoms with E-state index < -0.39 is 0 Å². The zero-order valence-corrected chi connectivity index (χ0v) is 9.21. The van der Waals surface area contributed by atoms with Gasteiger partial charge in [-0.25, -0.2) is 0 Å². The SMILES string of the molecule is CC(C)c1ccc2c(c1)OCC[C@@H]2C. The van der Waals surface area contributed by atoms with Crippen molar-refractivity contribution in [1.82, 2.24) is 0 Å². The summed E-state index contributed by atoms with van der Waals surface area (Å²) in [6.45, 7) is 7.58. The van der Waals surface area contributed by atoms with E-state index in [2.05, 4.69) is 39.0 Å². The van der Waals surface area contributed by atoms with E-state index in [4.69, 9.17) is 4.74 Å². The van der Waals surface area contributed by atoms with E-state index >= 15 is 0 Å². The van der Waals surface area contributed by atoms with Crippen molar-refractivity contribution in [1.29, 1.82) is 0 Å². The van der Waals surface area contributed by atoms with Crippen LogP contribution in [0.4, 0.5) is 0 Å². The minimum absolute atomic E-state index is 0.584. The minimum Gasteiger partial charge on any atom is -0.493 e. The lowest BCUT2D eigenvalue weighted by molar-refractivity contribution is 0.272. The summed E-state index contributed by atoms with van der Waals surface area (Å²) in [5, 5.41) is 0. The number of hydrogen-bond acceptors (Lipinski definition) is 1. The summed E-state index contributed by atoms with van der Waals surface area (Å²) in [4.78, 5) is 0. The Kier molecular flexibility index (Phi) is 2.49. The first kappa shape index (κ1) is 9.57. The smallest absolute Gasteiger partial charge is 0.123 e. The number of hydrogen-bond donors (Lipinski definition) is 0. The molecule has 0 aliphatic carbocycles. The zero-order chi connectivity index (χ0) is 10.1. The van der Waals surface area contributed by atoms with Gasteiger partial charge in [-0.05, 0) is 35.4 Å². The molecule has 1 heterocycles. The molecule has 0 N–H and O–H groups in total. The predicted molar refractivity (Wildman–Crippen MR) is 59.1 cm³/mol. The summed E-state index contributed by atoms with van der Waals surface area (Å²) in [5.74, 6) is 2.34. The normalized spacial score (nSPS) is 20.4. The molecule has 2 rings (SSSR count). The first-order chi connectivity index (χ1) is 6.68. The molecule has 0 bridgehead atoms. The maximum Gasteiger partial charge on any atom is 0.123 e. The lowest BCUT2D eigenvalue weighted by Gasteiger charge is -2.24. The van der Waals surface area contributed by atoms with Gasteiger partial charge in [0.05, 0.1) is 6.61 Å². The number of fused-ring (bicyclic) bond motifs is 1. The molecule has 76 valence electrons. The lowest BCUT2D eigenvalue weighted by Crippen LogP contribution is -2.12. The van der Waals surface area contributed by atoms with Crippen LogP contribution in [0, 0.1) is 0 Å². The summed E-state index contributed by atoms with van der Waals surface area (Å²) < 4.78 is 5.68. The van der Waals surface area contributed by atoms with Gasteiger partial charge in [-0.15, -0.1) is 0 Å². The molecular formula is C13H18O. The maximum atomic E-state index is 5.68. The van der Waals surface area contributed by atoms with Crippen molar-refractivity contribution in [2.45, 2.75) is 39.0 Å². The van der Waals surface area contributed by atoms with E-state index in [1.165, 1.54) is 11.1 Å². The van der Waals surface area contributed by atoms with E-state index in [1.807, 2.05) is 0 Å². The van der Waals surface area contributed by atoms with Gasteiger partial charge in [-0.3, -0.25) is 0 Å². The Morgan fingerprint density at radius 3 is 2.86 bits per heavy atom. The molecule has 0 saturated heterocycles. The van der Waals surface area contributed by atoms with Crippen LogP contribution in [0.3, 0.4) is 0 Å². The van der Waals surface area contributed by atoms with Crippen LogP contribution >= 0.6 is 0 Å². The highest BCUT2D eigenvalue weighted by Gasteiger charge is 2.17. The molecule has 0 amide bonds. The molecule has 1 aliphatic heterocycles. The highest BCUT2D eigenvalue weighted by atomic mass is 16.5. The fraction of sp³-hybridized carbons (Fsp3) is 0.538. The Balaban J connectivity index is 2.39. The van der Waals surface area contributed by atoms with Crippen molar-refractivity contribution in [3.63, 3.8) is 0 Å². The summed E-state index contributed by atoms with van der Waals surface area (Å²) in [6.07, 6.45) is 1.15. The third-order valence-corrected chi connectivity index (χ3v) is 3.04. The third-order valence-electron chi connectivity index (χ3n) is 3.04. The van der Waals surface area contributed by atoms with Crippen molar-refractivity contribution in [2.24, 2.45) is 0 Å². The number of benzene rings is 1. The maximum absolute atomic E-state index is 5.68. The molecule has 1 aromatic rings. The molecule has 1 atom stereocenters. The van der Waals surface area contributed by atoms with E-state index in [1.54, 1.807) is 0 Å². The van der Waals surface area contributed by atoms with Gasteiger partial charge in [-0.2, -0.15) is 0 Å². The van der Waals surface area contributed by atoms with Gasteiger partial charge in [0.25, 0.3) is 0 Å². The monoisotopic (exact) mass is 190 g/mol. The van der Waals surface area contributed by atoms with Crippen LogP contribution in [-0.4, -0.2) is 6.61 Å². The van der Waals surface area contributed by atoms with Gasteiger partial charge in [0, 0.05) is 0 Å². The van der Waals surface area contributed by atoms with Crippen molar-refractivity contribution in [2.75, 3.05) is 6.61 Å². The predicted octanol–water partition coefficient (Wildman–Crippen LogP) is 3.70.